The number of nitrogens with one attached hydrogen (secondary N) is 1. The van der Waals surface area contributed by atoms with Gasteiger partial charge in [0.2, 0.25) is 0 Å². The summed E-state index contributed by atoms with van der Waals surface area (Å²) in [6, 6.07) is 8.99. The van der Waals surface area contributed by atoms with Crippen LogP contribution in [-0.2, 0) is 4.74 Å². The monoisotopic (exact) mass is 279 g/mol. The fourth-order valence-electron chi connectivity index (χ4n) is 1.66. The third-order valence-electron chi connectivity index (χ3n) is 2.39. The third-order valence-corrected chi connectivity index (χ3v) is 2.62. The van der Waals surface area contributed by atoms with Crippen molar-refractivity contribution in [3.63, 3.8) is 0 Å². The van der Waals surface area contributed by atoms with Gasteiger partial charge in [0, 0.05) is 11.1 Å². The Bertz CT molecular complexity index is 595. The minimum atomic E-state index is -0.509. The predicted octanol–water partition coefficient (Wildman–Crippen LogP) is 3.40. The molecule has 0 fully saturated rings. The fraction of sp³-hybridized carbons (Fsp3) is 0.231. The maximum Gasteiger partial charge on any atom is 0.412 e. The first-order valence-corrected chi connectivity index (χ1v) is 6.24. The van der Waals surface area contributed by atoms with Gasteiger partial charge < -0.3 is 4.74 Å². The zero-order chi connectivity index (χ0) is 13.8. The Morgan fingerprint density at radius 2 is 2.26 bits per heavy atom. The molecule has 1 N–H and O–H groups in total. The molecular weight excluding hydrogens is 266 g/mol. The molecule has 0 bridgehead atoms. The van der Waals surface area contributed by atoms with Crippen LogP contribution in [0.2, 0.25) is 5.02 Å². The molecule has 1 aromatic carbocycles. The van der Waals surface area contributed by atoms with E-state index in [1.165, 1.54) is 0 Å². The number of hydrogen-bond acceptors (Lipinski definition) is 3. The molecule has 1 heterocycles. The lowest BCUT2D eigenvalue weighted by Crippen LogP contribution is -2.16. The maximum atomic E-state index is 11.5. The molecule has 0 saturated carbocycles. The van der Waals surface area contributed by atoms with Crippen LogP contribution < -0.4 is 5.32 Å². The number of carbonyl (C=O) groups excluding carboxylic acids is 1. The van der Waals surface area contributed by atoms with Crippen molar-refractivity contribution in [3.05, 3.63) is 41.0 Å². The Morgan fingerprint density at radius 3 is 2.95 bits per heavy atom. The molecule has 100 valence electrons. The number of benzene rings is 1. The second-order valence-electron chi connectivity index (χ2n) is 3.91. The molecule has 0 saturated heterocycles. The highest BCUT2D eigenvalue weighted by Crippen LogP contribution is 2.20. The lowest BCUT2D eigenvalue weighted by Gasteiger charge is -2.08. The zero-order valence-corrected chi connectivity index (χ0v) is 11.4. The fourth-order valence-corrected chi connectivity index (χ4v) is 1.85. The topological polar surface area (TPSA) is 56.1 Å². The number of aromatic nitrogens is 2. The zero-order valence-electron chi connectivity index (χ0n) is 10.7. The summed E-state index contributed by atoms with van der Waals surface area (Å²) in [5.74, 6) is 0.540. The molecule has 2 aromatic rings. The molecule has 5 nitrogen and oxygen atoms in total. The van der Waals surface area contributed by atoms with E-state index in [-0.39, 0.29) is 0 Å². The summed E-state index contributed by atoms with van der Waals surface area (Å²) < 4.78 is 6.46. The second kappa shape index (κ2) is 5.75. The molecule has 0 spiro atoms. The highest BCUT2D eigenvalue weighted by Gasteiger charge is 2.11. The van der Waals surface area contributed by atoms with Crippen LogP contribution in [0, 0.1) is 6.92 Å². The lowest BCUT2D eigenvalue weighted by molar-refractivity contribution is 0.167. The second-order valence-corrected chi connectivity index (χ2v) is 4.34. The molecule has 1 amide bonds. The van der Waals surface area contributed by atoms with Gasteiger partial charge in [-0.05, 0) is 32.0 Å². The summed E-state index contributed by atoms with van der Waals surface area (Å²) in [6.45, 7) is 3.91. The highest BCUT2D eigenvalue weighted by atomic mass is 35.5. The van der Waals surface area contributed by atoms with Gasteiger partial charge >= 0.3 is 6.09 Å². The summed E-state index contributed by atoms with van der Waals surface area (Å²) in [4.78, 5) is 11.5. The van der Waals surface area contributed by atoms with Gasteiger partial charge in [-0.3, -0.25) is 5.32 Å². The molecule has 0 radical (unpaired) electrons. The van der Waals surface area contributed by atoms with E-state index in [4.69, 9.17) is 16.3 Å². The minimum Gasteiger partial charge on any atom is -0.450 e. The molecule has 6 heteroatoms. The number of rotatable bonds is 3. The molecule has 0 atom stereocenters. The molecule has 0 aliphatic carbocycles. The number of amides is 1. The largest absolute Gasteiger partial charge is 0.450 e. The van der Waals surface area contributed by atoms with Crippen molar-refractivity contribution in [1.29, 1.82) is 0 Å². The number of hydrogen-bond donors (Lipinski definition) is 1. The lowest BCUT2D eigenvalue weighted by atomic mass is 10.3. The van der Waals surface area contributed by atoms with Crippen LogP contribution >= 0.6 is 11.6 Å². The Kier molecular flexibility index (Phi) is 4.06. The van der Waals surface area contributed by atoms with Gasteiger partial charge in [0.05, 0.1) is 18.0 Å². The molecule has 2 rings (SSSR count). The average Bonchev–Trinajstić information content (AvgIpc) is 2.70. The van der Waals surface area contributed by atoms with Crippen molar-refractivity contribution in [1.82, 2.24) is 9.78 Å². The van der Waals surface area contributed by atoms with E-state index in [9.17, 15) is 4.79 Å². The number of carbonyl (C=O) groups is 1. The number of anilines is 1. The van der Waals surface area contributed by atoms with Crippen LogP contribution in [0.1, 0.15) is 12.6 Å². The summed E-state index contributed by atoms with van der Waals surface area (Å²) in [5, 5.41) is 7.57. The van der Waals surface area contributed by atoms with Gasteiger partial charge in [-0.25, -0.2) is 9.48 Å². The summed E-state index contributed by atoms with van der Waals surface area (Å²) >= 11 is 5.96. The van der Waals surface area contributed by atoms with Gasteiger partial charge in [0.1, 0.15) is 5.82 Å². The van der Waals surface area contributed by atoms with E-state index in [1.807, 2.05) is 19.1 Å². The number of ether oxygens (including phenoxy) is 1. The molecular formula is C13H14ClN3O2. The van der Waals surface area contributed by atoms with E-state index in [2.05, 4.69) is 10.4 Å². The average molecular weight is 280 g/mol. The first-order chi connectivity index (χ1) is 9.10. The molecule has 19 heavy (non-hydrogen) atoms. The van der Waals surface area contributed by atoms with E-state index >= 15 is 0 Å². The first-order valence-electron chi connectivity index (χ1n) is 5.86. The van der Waals surface area contributed by atoms with Crippen molar-refractivity contribution in [3.8, 4) is 5.69 Å². The van der Waals surface area contributed by atoms with Crippen LogP contribution in [0.5, 0.6) is 0 Å². The molecule has 0 aliphatic rings. The van der Waals surface area contributed by atoms with Crippen LogP contribution in [0.15, 0.2) is 30.3 Å². The van der Waals surface area contributed by atoms with Gasteiger partial charge in [-0.15, -0.1) is 0 Å². The van der Waals surface area contributed by atoms with Crippen molar-refractivity contribution < 1.29 is 9.53 Å². The normalized spacial score (nSPS) is 10.3. The van der Waals surface area contributed by atoms with Gasteiger partial charge in [-0.1, -0.05) is 17.7 Å². The number of nitrogens with zero attached hydrogens (tertiary/aromatic N) is 2. The van der Waals surface area contributed by atoms with Crippen LogP contribution in [0.4, 0.5) is 10.6 Å². The van der Waals surface area contributed by atoms with E-state index < -0.39 is 6.09 Å². The van der Waals surface area contributed by atoms with Crippen molar-refractivity contribution in [2.75, 3.05) is 11.9 Å². The Balaban J connectivity index is 2.33. The predicted molar refractivity (Wildman–Crippen MR) is 74.0 cm³/mol. The van der Waals surface area contributed by atoms with Gasteiger partial charge in [0.15, 0.2) is 0 Å². The first kappa shape index (κ1) is 13.4. The summed E-state index contributed by atoms with van der Waals surface area (Å²) in [7, 11) is 0. The van der Waals surface area contributed by atoms with Gasteiger partial charge in [-0.2, -0.15) is 5.10 Å². The van der Waals surface area contributed by atoms with E-state index in [0.717, 1.165) is 11.4 Å². The molecule has 1 aromatic heterocycles. The quantitative estimate of drug-likeness (QED) is 0.937. The third kappa shape index (κ3) is 3.26. The summed E-state index contributed by atoms with van der Waals surface area (Å²) in [5.41, 5.74) is 1.55. The van der Waals surface area contributed by atoms with E-state index in [0.29, 0.717) is 17.4 Å². The van der Waals surface area contributed by atoms with Crippen molar-refractivity contribution in [2.24, 2.45) is 0 Å². The highest BCUT2D eigenvalue weighted by molar-refractivity contribution is 6.30. The maximum absolute atomic E-state index is 11.5. The Hall–Kier alpha value is -2.01. The number of halogens is 1. The Labute approximate surface area is 116 Å². The molecule has 0 unspecified atom stereocenters. The van der Waals surface area contributed by atoms with Crippen LogP contribution in [0.3, 0.4) is 0 Å². The smallest absolute Gasteiger partial charge is 0.412 e. The SMILES string of the molecule is CCOC(=O)Nc1cc(C)nn1-c1cccc(Cl)c1. The standard InChI is InChI=1S/C13H14ClN3O2/c1-3-19-13(18)15-12-7-9(2)16-17(12)11-6-4-5-10(14)8-11/h4-8H,3H2,1-2H3,(H,15,18). The molecule has 0 aliphatic heterocycles. The van der Waals surface area contributed by atoms with E-state index in [1.54, 1.807) is 29.8 Å². The van der Waals surface area contributed by atoms with Crippen molar-refractivity contribution in [2.45, 2.75) is 13.8 Å². The number of aryl methyl sites for hydroxylation is 1. The van der Waals surface area contributed by atoms with Crippen LogP contribution in [0.25, 0.3) is 5.69 Å². The summed E-state index contributed by atoms with van der Waals surface area (Å²) in [6.07, 6.45) is -0.509. The van der Waals surface area contributed by atoms with Crippen LogP contribution in [-0.4, -0.2) is 22.5 Å². The minimum absolute atomic E-state index is 0.316. The van der Waals surface area contributed by atoms with Crippen molar-refractivity contribution >= 4 is 23.5 Å². The Morgan fingerprint density at radius 1 is 1.47 bits per heavy atom. The van der Waals surface area contributed by atoms with Gasteiger partial charge in [0.25, 0.3) is 0 Å².